The summed E-state index contributed by atoms with van der Waals surface area (Å²) < 4.78 is 5.18. The predicted octanol–water partition coefficient (Wildman–Crippen LogP) is 2.69. The molecular weight excluding hydrogens is 282 g/mol. The minimum atomic E-state index is -0.838. The van der Waals surface area contributed by atoms with Gasteiger partial charge in [0, 0.05) is 7.05 Å². The molecule has 0 saturated heterocycles. The second kappa shape index (κ2) is 7.47. The number of rotatable bonds is 5. The molecule has 0 aliphatic heterocycles. The van der Waals surface area contributed by atoms with Crippen LogP contribution in [0.5, 0.6) is 5.75 Å². The summed E-state index contributed by atoms with van der Waals surface area (Å²) in [7, 11) is 1.57. The van der Waals surface area contributed by atoms with E-state index < -0.39 is 12.2 Å². The standard InChI is InChI=1S/C17H19NO4/c1-18(11-16(20)14-7-9-15(19)10-8-14)17(21)22-12-13-5-3-2-4-6-13/h2-10,16,19-20H,11-12H2,1H3. The van der Waals surface area contributed by atoms with Crippen LogP contribution < -0.4 is 0 Å². The van der Waals surface area contributed by atoms with Gasteiger partial charge < -0.3 is 19.8 Å². The molecule has 0 heterocycles. The Morgan fingerprint density at radius 1 is 1.14 bits per heavy atom. The third kappa shape index (κ3) is 4.49. The molecule has 0 fully saturated rings. The van der Waals surface area contributed by atoms with Gasteiger partial charge in [0.1, 0.15) is 12.4 Å². The van der Waals surface area contributed by atoms with Gasteiger partial charge in [-0.1, -0.05) is 42.5 Å². The number of nitrogens with zero attached hydrogens (tertiary/aromatic N) is 1. The van der Waals surface area contributed by atoms with Gasteiger partial charge >= 0.3 is 6.09 Å². The molecule has 0 radical (unpaired) electrons. The lowest BCUT2D eigenvalue weighted by molar-refractivity contribution is 0.0787. The average Bonchev–Trinajstić information content (AvgIpc) is 2.54. The van der Waals surface area contributed by atoms with Crippen molar-refractivity contribution in [3.05, 3.63) is 65.7 Å². The number of hydrogen-bond acceptors (Lipinski definition) is 4. The molecule has 2 aromatic rings. The van der Waals surface area contributed by atoms with Crippen LogP contribution in [-0.4, -0.2) is 34.8 Å². The number of hydrogen-bond donors (Lipinski definition) is 2. The van der Waals surface area contributed by atoms with Crippen molar-refractivity contribution < 1.29 is 19.7 Å². The van der Waals surface area contributed by atoms with Crippen LogP contribution in [0.3, 0.4) is 0 Å². The van der Waals surface area contributed by atoms with Gasteiger partial charge in [-0.15, -0.1) is 0 Å². The topological polar surface area (TPSA) is 70.0 Å². The lowest BCUT2D eigenvalue weighted by atomic mass is 10.1. The van der Waals surface area contributed by atoms with Crippen LogP contribution in [0.15, 0.2) is 54.6 Å². The Balaban J connectivity index is 1.84. The predicted molar refractivity (Wildman–Crippen MR) is 82.3 cm³/mol. The first kappa shape index (κ1) is 15.9. The van der Waals surface area contributed by atoms with Gasteiger partial charge in [0.15, 0.2) is 0 Å². The molecule has 2 N–H and O–H groups in total. The molecule has 22 heavy (non-hydrogen) atoms. The smallest absolute Gasteiger partial charge is 0.409 e. The summed E-state index contributed by atoms with van der Waals surface area (Å²) in [6.07, 6.45) is -1.34. The monoisotopic (exact) mass is 301 g/mol. The first-order valence-electron chi connectivity index (χ1n) is 6.95. The number of ether oxygens (including phenoxy) is 1. The third-order valence-corrected chi connectivity index (χ3v) is 3.24. The van der Waals surface area contributed by atoms with E-state index in [-0.39, 0.29) is 18.9 Å². The van der Waals surface area contributed by atoms with Crippen molar-refractivity contribution in [2.75, 3.05) is 13.6 Å². The first-order chi connectivity index (χ1) is 10.6. The van der Waals surface area contributed by atoms with E-state index in [4.69, 9.17) is 4.74 Å². The van der Waals surface area contributed by atoms with E-state index in [0.717, 1.165) is 5.56 Å². The number of phenols is 1. The van der Waals surface area contributed by atoms with Crippen molar-refractivity contribution in [1.29, 1.82) is 0 Å². The minimum absolute atomic E-state index is 0.110. The summed E-state index contributed by atoms with van der Waals surface area (Å²) >= 11 is 0. The molecule has 0 aliphatic carbocycles. The highest BCUT2D eigenvalue weighted by atomic mass is 16.6. The molecule has 1 amide bonds. The maximum Gasteiger partial charge on any atom is 0.409 e. The molecule has 5 heteroatoms. The Labute approximate surface area is 129 Å². The van der Waals surface area contributed by atoms with Crippen molar-refractivity contribution in [1.82, 2.24) is 4.90 Å². The van der Waals surface area contributed by atoms with Crippen LogP contribution in [0.2, 0.25) is 0 Å². The summed E-state index contributed by atoms with van der Waals surface area (Å²) in [5, 5.41) is 19.3. The van der Waals surface area contributed by atoms with E-state index in [9.17, 15) is 15.0 Å². The van der Waals surface area contributed by atoms with Crippen LogP contribution >= 0.6 is 0 Å². The molecule has 5 nitrogen and oxygen atoms in total. The van der Waals surface area contributed by atoms with Gasteiger partial charge in [0.05, 0.1) is 12.6 Å². The van der Waals surface area contributed by atoms with Crippen LogP contribution in [0.4, 0.5) is 4.79 Å². The minimum Gasteiger partial charge on any atom is -0.508 e. The number of carbonyl (C=O) groups is 1. The lowest BCUT2D eigenvalue weighted by Gasteiger charge is -2.20. The molecule has 0 aromatic heterocycles. The van der Waals surface area contributed by atoms with Gasteiger partial charge in [0.25, 0.3) is 0 Å². The fourth-order valence-electron chi connectivity index (χ4n) is 1.97. The number of likely N-dealkylation sites (N-methyl/N-ethyl adjacent to an activating group) is 1. The van der Waals surface area contributed by atoms with Crippen LogP contribution in [0.1, 0.15) is 17.2 Å². The van der Waals surface area contributed by atoms with E-state index in [2.05, 4.69) is 0 Å². The second-order valence-corrected chi connectivity index (χ2v) is 5.03. The molecule has 2 aromatic carbocycles. The van der Waals surface area contributed by atoms with Gasteiger partial charge in [-0.3, -0.25) is 0 Å². The van der Waals surface area contributed by atoms with Crippen molar-refractivity contribution in [2.45, 2.75) is 12.7 Å². The molecular formula is C17H19NO4. The Kier molecular flexibility index (Phi) is 5.38. The zero-order chi connectivity index (χ0) is 15.9. The third-order valence-electron chi connectivity index (χ3n) is 3.24. The Hall–Kier alpha value is -2.53. The van der Waals surface area contributed by atoms with E-state index in [1.54, 1.807) is 19.2 Å². The molecule has 116 valence electrons. The summed E-state index contributed by atoms with van der Waals surface area (Å²) in [6, 6.07) is 15.6. The highest BCUT2D eigenvalue weighted by molar-refractivity contribution is 5.67. The lowest BCUT2D eigenvalue weighted by Crippen LogP contribution is -2.31. The number of carbonyl (C=O) groups excluding carboxylic acids is 1. The number of benzene rings is 2. The van der Waals surface area contributed by atoms with E-state index >= 15 is 0 Å². The number of aromatic hydroxyl groups is 1. The summed E-state index contributed by atoms with van der Waals surface area (Å²) in [5.74, 6) is 0.131. The SMILES string of the molecule is CN(CC(O)c1ccc(O)cc1)C(=O)OCc1ccccc1. The number of aliphatic hydroxyl groups excluding tert-OH is 1. The quantitative estimate of drug-likeness (QED) is 0.891. The van der Waals surface area contributed by atoms with Gasteiger partial charge in [-0.2, -0.15) is 0 Å². The van der Waals surface area contributed by atoms with Gasteiger partial charge in [-0.05, 0) is 23.3 Å². The first-order valence-corrected chi connectivity index (χ1v) is 6.95. The zero-order valence-corrected chi connectivity index (χ0v) is 12.3. The number of phenolic OH excluding ortho intramolecular Hbond substituents is 1. The van der Waals surface area contributed by atoms with Crippen LogP contribution in [0, 0.1) is 0 Å². The maximum atomic E-state index is 11.9. The fraction of sp³-hybridized carbons (Fsp3) is 0.235. The summed E-state index contributed by atoms with van der Waals surface area (Å²) in [6.45, 7) is 0.303. The summed E-state index contributed by atoms with van der Waals surface area (Å²) in [5.41, 5.74) is 1.53. The highest BCUT2D eigenvalue weighted by Crippen LogP contribution is 2.17. The number of amides is 1. The molecule has 0 aliphatic rings. The van der Waals surface area contributed by atoms with Crippen molar-refractivity contribution in [3.8, 4) is 5.75 Å². The average molecular weight is 301 g/mol. The highest BCUT2D eigenvalue weighted by Gasteiger charge is 2.16. The zero-order valence-electron chi connectivity index (χ0n) is 12.3. The fourth-order valence-corrected chi connectivity index (χ4v) is 1.97. The summed E-state index contributed by atoms with van der Waals surface area (Å²) in [4.78, 5) is 13.2. The molecule has 0 bridgehead atoms. The van der Waals surface area contributed by atoms with Gasteiger partial charge in [-0.25, -0.2) is 4.79 Å². The maximum absolute atomic E-state index is 11.9. The van der Waals surface area contributed by atoms with Crippen molar-refractivity contribution in [3.63, 3.8) is 0 Å². The normalized spacial score (nSPS) is 11.7. The van der Waals surface area contributed by atoms with E-state index in [1.165, 1.54) is 17.0 Å². The van der Waals surface area contributed by atoms with Crippen molar-refractivity contribution >= 4 is 6.09 Å². The molecule has 1 atom stereocenters. The molecule has 0 spiro atoms. The largest absolute Gasteiger partial charge is 0.508 e. The van der Waals surface area contributed by atoms with E-state index in [1.807, 2.05) is 30.3 Å². The van der Waals surface area contributed by atoms with E-state index in [0.29, 0.717) is 5.56 Å². The van der Waals surface area contributed by atoms with Crippen molar-refractivity contribution in [2.24, 2.45) is 0 Å². The molecule has 0 saturated carbocycles. The number of aliphatic hydroxyl groups is 1. The Morgan fingerprint density at radius 2 is 1.77 bits per heavy atom. The molecule has 1 unspecified atom stereocenters. The molecule has 2 rings (SSSR count). The Bertz CT molecular complexity index is 598. The second-order valence-electron chi connectivity index (χ2n) is 5.03. The Morgan fingerprint density at radius 3 is 2.41 bits per heavy atom. The van der Waals surface area contributed by atoms with Crippen LogP contribution in [0.25, 0.3) is 0 Å². The van der Waals surface area contributed by atoms with Crippen LogP contribution in [-0.2, 0) is 11.3 Å². The van der Waals surface area contributed by atoms with Gasteiger partial charge in [0.2, 0.25) is 0 Å².